The first-order chi connectivity index (χ1) is 13.9. The first-order valence-corrected chi connectivity index (χ1v) is 9.56. The van der Waals surface area contributed by atoms with E-state index in [0.29, 0.717) is 0 Å². The summed E-state index contributed by atoms with van der Waals surface area (Å²) in [6.45, 7) is 0.231. The summed E-state index contributed by atoms with van der Waals surface area (Å²) in [4.78, 5) is 0. The number of aromatic nitrogens is 1. The van der Waals surface area contributed by atoms with Gasteiger partial charge in [-0.15, -0.1) is 0 Å². The highest BCUT2D eigenvalue weighted by Gasteiger charge is 2.40. The molecule has 126 valence electrons. The maximum Gasteiger partial charge on any atom is 0.248 e. The Hall–Kier alpha value is -3.77. The largest absolute Gasteiger partial charge is 0.310 e. The molecule has 0 saturated carbocycles. The van der Waals surface area contributed by atoms with Crippen LogP contribution < -0.4 is 16.4 Å². The average Bonchev–Trinajstić information content (AvgIpc) is 3.26. The van der Waals surface area contributed by atoms with Crippen molar-refractivity contribution in [1.82, 2.24) is 4.57 Å². The molecule has 0 spiro atoms. The lowest BCUT2D eigenvalue weighted by Crippen LogP contribution is -2.53. The molecule has 7 rings (SSSR count). The van der Waals surface area contributed by atoms with Gasteiger partial charge in [0.25, 0.3) is 0 Å². The zero-order valence-electron chi connectivity index (χ0n) is 15.0. The Bertz CT molecular complexity index is 1530. The van der Waals surface area contributed by atoms with Crippen molar-refractivity contribution in [2.24, 2.45) is 0 Å². The van der Waals surface area contributed by atoms with E-state index in [1.807, 2.05) is 6.07 Å². The summed E-state index contributed by atoms with van der Waals surface area (Å²) in [6.07, 6.45) is 0. The van der Waals surface area contributed by atoms with Crippen LogP contribution in [0.15, 0.2) is 78.9 Å². The Morgan fingerprint density at radius 3 is 2.54 bits per heavy atom. The van der Waals surface area contributed by atoms with Crippen molar-refractivity contribution in [3.63, 3.8) is 0 Å². The van der Waals surface area contributed by atoms with Gasteiger partial charge in [-0.25, -0.2) is 0 Å². The second-order valence-corrected chi connectivity index (χ2v) is 7.68. The number of rotatable bonds is 0. The maximum absolute atomic E-state index is 9.42. The summed E-state index contributed by atoms with van der Waals surface area (Å²) in [5.74, 6) is 0. The van der Waals surface area contributed by atoms with E-state index in [1.165, 1.54) is 55.0 Å². The Balaban J connectivity index is 1.77. The van der Waals surface area contributed by atoms with Crippen LogP contribution in [0.25, 0.3) is 38.6 Å². The van der Waals surface area contributed by atoms with E-state index in [2.05, 4.69) is 83.4 Å². The van der Waals surface area contributed by atoms with Crippen molar-refractivity contribution < 1.29 is 0 Å². The number of benzene rings is 4. The second kappa shape index (κ2) is 4.74. The van der Waals surface area contributed by atoms with E-state index >= 15 is 0 Å². The Labute approximate surface area is 162 Å². The molecule has 0 atom stereocenters. The van der Waals surface area contributed by atoms with Gasteiger partial charge in [0.05, 0.1) is 17.1 Å². The summed E-state index contributed by atoms with van der Waals surface area (Å²) in [7, 11) is 0. The Kier molecular flexibility index (Phi) is 2.42. The summed E-state index contributed by atoms with van der Waals surface area (Å²) in [5, 5.41) is 12.0. The van der Waals surface area contributed by atoms with Crippen LogP contribution in [0, 0.1) is 11.3 Å². The van der Waals surface area contributed by atoms with E-state index < -0.39 is 0 Å². The molecule has 0 saturated heterocycles. The SMILES string of the molecule is N#Cc1ccc2c(c1)-c1ccc3c4ccccc4n4c3c1B2c1ccccc1-4. The third-order valence-corrected chi connectivity index (χ3v) is 6.44. The minimum absolute atomic E-state index is 0.231. The van der Waals surface area contributed by atoms with E-state index in [0.717, 1.165) is 5.56 Å². The van der Waals surface area contributed by atoms with Gasteiger partial charge in [0.1, 0.15) is 0 Å². The van der Waals surface area contributed by atoms with Gasteiger partial charge in [-0.1, -0.05) is 60.1 Å². The molecule has 5 aromatic rings. The molecule has 2 nitrogen and oxygen atoms in total. The fourth-order valence-corrected chi connectivity index (χ4v) is 5.39. The van der Waals surface area contributed by atoms with Gasteiger partial charge in [0, 0.05) is 22.0 Å². The van der Waals surface area contributed by atoms with Crippen LogP contribution in [-0.4, -0.2) is 11.3 Å². The highest BCUT2D eigenvalue weighted by atomic mass is 15.0. The topological polar surface area (TPSA) is 28.7 Å². The van der Waals surface area contributed by atoms with Crippen molar-refractivity contribution in [2.45, 2.75) is 0 Å². The lowest BCUT2D eigenvalue weighted by atomic mass is 9.37. The van der Waals surface area contributed by atoms with Gasteiger partial charge in [0.2, 0.25) is 6.71 Å². The third kappa shape index (κ3) is 1.48. The normalized spacial score (nSPS) is 12.9. The number of fused-ring (bicyclic) bond motifs is 9. The molecule has 0 aliphatic carbocycles. The van der Waals surface area contributed by atoms with Crippen LogP contribution in [0.3, 0.4) is 0 Å². The summed E-state index contributed by atoms with van der Waals surface area (Å²) in [5.41, 5.74) is 11.1. The van der Waals surface area contributed by atoms with Crippen LogP contribution in [0.4, 0.5) is 0 Å². The van der Waals surface area contributed by atoms with Crippen LogP contribution >= 0.6 is 0 Å². The summed E-state index contributed by atoms with van der Waals surface area (Å²) < 4.78 is 2.44. The second-order valence-electron chi connectivity index (χ2n) is 7.68. The zero-order valence-corrected chi connectivity index (χ0v) is 15.0. The molecule has 0 unspecified atom stereocenters. The number of para-hydroxylation sites is 2. The lowest BCUT2D eigenvalue weighted by Gasteiger charge is -2.24. The molecule has 0 N–H and O–H groups in total. The predicted octanol–water partition coefficient (Wildman–Crippen LogP) is 3.47. The standard InChI is InChI=1S/C25H13BN2/c27-14-15-9-12-20-19(13-15)17-10-11-18-16-5-1-3-7-22(16)28-23-8-4-2-6-21(23)26(20)24(17)25(18)28/h1-13H. The molecule has 3 heterocycles. The van der Waals surface area contributed by atoms with E-state index in [9.17, 15) is 5.26 Å². The molecule has 0 radical (unpaired) electrons. The molecule has 4 aromatic carbocycles. The van der Waals surface area contributed by atoms with Crippen LogP contribution in [-0.2, 0) is 0 Å². The number of nitrogens with zero attached hydrogens (tertiary/aromatic N) is 2. The van der Waals surface area contributed by atoms with Crippen molar-refractivity contribution >= 4 is 44.9 Å². The van der Waals surface area contributed by atoms with Crippen molar-refractivity contribution in [3.8, 4) is 22.9 Å². The smallest absolute Gasteiger partial charge is 0.248 e. The Morgan fingerprint density at radius 1 is 0.750 bits per heavy atom. The monoisotopic (exact) mass is 352 g/mol. The molecular weight excluding hydrogens is 339 g/mol. The molecule has 2 aliphatic heterocycles. The number of nitriles is 1. The number of hydrogen-bond donors (Lipinski definition) is 0. The van der Waals surface area contributed by atoms with Gasteiger partial charge in [0.15, 0.2) is 0 Å². The highest BCUT2D eigenvalue weighted by molar-refractivity contribution is 7.01. The summed E-state index contributed by atoms with van der Waals surface area (Å²) in [6, 6.07) is 30.4. The maximum atomic E-state index is 9.42. The van der Waals surface area contributed by atoms with E-state index in [4.69, 9.17) is 0 Å². The van der Waals surface area contributed by atoms with Crippen LogP contribution in [0.1, 0.15) is 5.56 Å². The molecule has 0 fully saturated rings. The van der Waals surface area contributed by atoms with Gasteiger partial charge in [-0.3, -0.25) is 0 Å². The van der Waals surface area contributed by atoms with Gasteiger partial charge >= 0.3 is 0 Å². The quantitative estimate of drug-likeness (QED) is 0.384. The van der Waals surface area contributed by atoms with Crippen LogP contribution in [0.2, 0.25) is 0 Å². The number of hydrogen-bond acceptors (Lipinski definition) is 1. The lowest BCUT2D eigenvalue weighted by molar-refractivity contribution is 1.19. The van der Waals surface area contributed by atoms with Crippen LogP contribution in [0.5, 0.6) is 0 Å². The zero-order chi connectivity index (χ0) is 18.4. The summed E-state index contributed by atoms with van der Waals surface area (Å²) >= 11 is 0. The molecule has 2 aliphatic rings. The van der Waals surface area contributed by atoms with Crippen molar-refractivity contribution in [3.05, 3.63) is 84.4 Å². The first kappa shape index (κ1) is 14.3. The average molecular weight is 352 g/mol. The Morgan fingerprint density at radius 2 is 1.61 bits per heavy atom. The first-order valence-electron chi connectivity index (χ1n) is 9.56. The van der Waals surface area contributed by atoms with Gasteiger partial charge in [-0.2, -0.15) is 5.26 Å². The molecular formula is C25H13BN2. The molecule has 3 heteroatoms. The minimum atomic E-state index is 0.231. The highest BCUT2D eigenvalue weighted by Crippen LogP contribution is 2.37. The minimum Gasteiger partial charge on any atom is -0.310 e. The van der Waals surface area contributed by atoms with E-state index in [-0.39, 0.29) is 6.71 Å². The van der Waals surface area contributed by atoms with Gasteiger partial charge in [-0.05, 0) is 46.3 Å². The van der Waals surface area contributed by atoms with Crippen molar-refractivity contribution in [1.29, 1.82) is 5.26 Å². The van der Waals surface area contributed by atoms with Gasteiger partial charge < -0.3 is 4.57 Å². The van der Waals surface area contributed by atoms with Crippen molar-refractivity contribution in [2.75, 3.05) is 0 Å². The molecule has 1 aromatic heterocycles. The third-order valence-electron chi connectivity index (χ3n) is 6.44. The molecule has 28 heavy (non-hydrogen) atoms. The van der Waals surface area contributed by atoms with E-state index in [1.54, 1.807) is 0 Å². The predicted molar refractivity (Wildman–Crippen MR) is 116 cm³/mol. The fraction of sp³-hybridized carbons (Fsp3) is 0. The molecule has 0 amide bonds. The molecule has 0 bridgehead atoms. The fourth-order valence-electron chi connectivity index (χ4n) is 5.39.